The summed E-state index contributed by atoms with van der Waals surface area (Å²) in [6, 6.07) is 16.1. The van der Waals surface area contributed by atoms with Crippen LogP contribution in [0.4, 0.5) is 0 Å². The van der Waals surface area contributed by atoms with E-state index in [4.69, 9.17) is 27.4 Å². The molecule has 0 aliphatic carbocycles. The smallest absolute Gasteiger partial charge is 0.255 e. The van der Waals surface area contributed by atoms with Gasteiger partial charge in [0.15, 0.2) is 18.1 Å². The van der Waals surface area contributed by atoms with Gasteiger partial charge in [-0.05, 0) is 18.2 Å². The van der Waals surface area contributed by atoms with Gasteiger partial charge in [-0.2, -0.15) is 0 Å². The normalized spacial score (nSPS) is 14.5. The molecule has 2 aromatic rings. The van der Waals surface area contributed by atoms with Crippen molar-refractivity contribution in [1.82, 2.24) is 4.90 Å². The van der Waals surface area contributed by atoms with E-state index in [1.807, 2.05) is 18.2 Å². The summed E-state index contributed by atoms with van der Waals surface area (Å²) >= 11 is 5.71. The molecule has 0 atom stereocenters. The number of nitrogens with one attached hydrogen (secondary N) is 1. The summed E-state index contributed by atoms with van der Waals surface area (Å²) in [5.41, 5.74) is 7.41. The second kappa shape index (κ2) is 9.52. The molecular weight excluding hydrogens is 374 g/mol. The largest absolute Gasteiger partial charge is 0.493 e. The number of hydrogen-bond acceptors (Lipinski definition) is 4. The Balaban J connectivity index is 1.59. The molecule has 0 unspecified atom stereocenters. The van der Waals surface area contributed by atoms with Gasteiger partial charge in [0.2, 0.25) is 0 Å². The predicted octanol–water partition coefficient (Wildman–Crippen LogP) is 0.636. The molecule has 1 saturated heterocycles. The molecule has 1 fully saturated rings. The van der Waals surface area contributed by atoms with Crippen molar-refractivity contribution in [2.75, 3.05) is 39.9 Å². The van der Waals surface area contributed by atoms with Crippen molar-refractivity contribution in [1.29, 1.82) is 0 Å². The van der Waals surface area contributed by atoms with Crippen LogP contribution in [-0.4, -0.2) is 55.7 Å². The molecule has 0 aromatic heterocycles. The first kappa shape index (κ1) is 20.1. The van der Waals surface area contributed by atoms with E-state index in [1.165, 1.54) is 5.56 Å². The summed E-state index contributed by atoms with van der Waals surface area (Å²) in [5, 5.41) is 0. The number of methoxy groups -OCH3 is 1. The minimum absolute atomic E-state index is 0.188. The Hall–Kier alpha value is -2.64. The number of rotatable bonds is 7. The van der Waals surface area contributed by atoms with E-state index in [9.17, 15) is 4.79 Å². The first-order chi connectivity index (χ1) is 13.6. The maximum absolute atomic E-state index is 10.9. The lowest BCUT2D eigenvalue weighted by Crippen LogP contribution is -3.13. The average Bonchev–Trinajstić information content (AvgIpc) is 2.73. The van der Waals surface area contributed by atoms with Crippen LogP contribution in [0.2, 0.25) is 0 Å². The zero-order valence-electron chi connectivity index (χ0n) is 16.0. The highest BCUT2D eigenvalue weighted by molar-refractivity contribution is 7.80. The third-order valence-electron chi connectivity index (χ3n) is 4.84. The number of nitrogens with zero attached hydrogens (tertiary/aromatic N) is 1. The quantitative estimate of drug-likeness (QED) is 0.668. The SMILES string of the molecule is COc1cc(C(=S)N2CC[NH+](Cc3ccccc3)CC2)ccc1OCC(N)=O. The minimum Gasteiger partial charge on any atom is -0.493 e. The Kier molecular flexibility index (Phi) is 6.84. The summed E-state index contributed by atoms with van der Waals surface area (Å²) in [7, 11) is 1.56. The highest BCUT2D eigenvalue weighted by atomic mass is 32.1. The van der Waals surface area contributed by atoms with Crippen molar-refractivity contribution in [2.24, 2.45) is 5.73 Å². The molecule has 1 heterocycles. The van der Waals surface area contributed by atoms with E-state index < -0.39 is 5.91 Å². The van der Waals surface area contributed by atoms with Gasteiger partial charge in [-0.15, -0.1) is 0 Å². The van der Waals surface area contributed by atoms with Gasteiger partial charge in [-0.1, -0.05) is 42.5 Å². The molecule has 0 saturated carbocycles. The third-order valence-corrected chi connectivity index (χ3v) is 5.33. The molecule has 0 radical (unpaired) electrons. The maximum atomic E-state index is 10.9. The number of carbonyl (C=O) groups excluding carboxylic acids is 1. The molecule has 0 bridgehead atoms. The zero-order valence-corrected chi connectivity index (χ0v) is 16.8. The average molecular weight is 401 g/mol. The molecule has 6 nitrogen and oxygen atoms in total. The second-order valence-corrected chi connectivity index (χ2v) is 7.21. The van der Waals surface area contributed by atoms with Crippen molar-refractivity contribution in [3.8, 4) is 11.5 Å². The number of hydrogen-bond donors (Lipinski definition) is 2. The Bertz CT molecular complexity index is 821. The minimum atomic E-state index is -0.530. The van der Waals surface area contributed by atoms with Crippen LogP contribution in [0.5, 0.6) is 11.5 Å². The summed E-state index contributed by atoms with van der Waals surface area (Å²) in [4.78, 5) is 15.5. The van der Waals surface area contributed by atoms with E-state index in [1.54, 1.807) is 18.1 Å². The lowest BCUT2D eigenvalue weighted by atomic mass is 10.1. The van der Waals surface area contributed by atoms with Crippen molar-refractivity contribution >= 4 is 23.1 Å². The Morgan fingerprint density at radius 1 is 1.14 bits per heavy atom. The highest BCUT2D eigenvalue weighted by Crippen LogP contribution is 2.28. The van der Waals surface area contributed by atoms with E-state index in [-0.39, 0.29) is 6.61 Å². The maximum Gasteiger partial charge on any atom is 0.255 e. The van der Waals surface area contributed by atoms with Crippen LogP contribution >= 0.6 is 12.2 Å². The molecule has 3 N–H and O–H groups in total. The van der Waals surface area contributed by atoms with Gasteiger partial charge < -0.3 is 25.0 Å². The van der Waals surface area contributed by atoms with Crippen molar-refractivity contribution in [3.05, 3.63) is 59.7 Å². The van der Waals surface area contributed by atoms with Gasteiger partial charge in [0.1, 0.15) is 11.5 Å². The van der Waals surface area contributed by atoms with Gasteiger partial charge in [-0.3, -0.25) is 4.79 Å². The van der Waals surface area contributed by atoms with Crippen molar-refractivity contribution < 1.29 is 19.2 Å². The lowest BCUT2D eigenvalue weighted by molar-refractivity contribution is -0.917. The van der Waals surface area contributed by atoms with Gasteiger partial charge in [0.05, 0.1) is 33.3 Å². The van der Waals surface area contributed by atoms with E-state index >= 15 is 0 Å². The molecule has 1 aliphatic heterocycles. The first-order valence-corrected chi connectivity index (χ1v) is 9.73. The molecule has 7 heteroatoms. The number of nitrogens with two attached hydrogens (primary N) is 1. The molecule has 28 heavy (non-hydrogen) atoms. The van der Waals surface area contributed by atoms with Gasteiger partial charge in [0.25, 0.3) is 5.91 Å². The van der Waals surface area contributed by atoms with Gasteiger partial charge in [0, 0.05) is 11.1 Å². The molecule has 148 valence electrons. The highest BCUT2D eigenvalue weighted by Gasteiger charge is 2.23. The summed E-state index contributed by atoms with van der Waals surface area (Å²) in [6.07, 6.45) is 0. The summed E-state index contributed by atoms with van der Waals surface area (Å²) in [5.74, 6) is 0.483. The summed E-state index contributed by atoms with van der Waals surface area (Å²) in [6.45, 7) is 4.79. The topological polar surface area (TPSA) is 69.2 Å². The van der Waals surface area contributed by atoms with Crippen molar-refractivity contribution in [2.45, 2.75) is 6.54 Å². The Labute approximate surface area is 170 Å². The molecule has 1 aliphatic rings. The fraction of sp³-hybridized carbons (Fsp3) is 0.333. The van der Waals surface area contributed by atoms with Crippen LogP contribution < -0.4 is 20.1 Å². The fourth-order valence-electron chi connectivity index (χ4n) is 3.34. The molecule has 1 amide bonds. The van der Waals surface area contributed by atoms with Crippen LogP contribution in [0.15, 0.2) is 48.5 Å². The predicted molar refractivity (Wildman–Crippen MR) is 112 cm³/mol. The summed E-state index contributed by atoms with van der Waals surface area (Å²) < 4.78 is 10.8. The number of piperazine rings is 1. The number of ether oxygens (including phenoxy) is 2. The Morgan fingerprint density at radius 3 is 2.50 bits per heavy atom. The van der Waals surface area contributed by atoms with Gasteiger partial charge in [-0.25, -0.2) is 0 Å². The van der Waals surface area contributed by atoms with Crippen molar-refractivity contribution in [3.63, 3.8) is 0 Å². The van der Waals surface area contributed by atoms with E-state index in [0.717, 1.165) is 43.3 Å². The lowest BCUT2D eigenvalue weighted by Gasteiger charge is -2.34. The number of benzene rings is 2. The first-order valence-electron chi connectivity index (χ1n) is 9.32. The van der Waals surface area contributed by atoms with Crippen LogP contribution in [0, 0.1) is 0 Å². The van der Waals surface area contributed by atoms with Crippen LogP contribution in [0.3, 0.4) is 0 Å². The Morgan fingerprint density at radius 2 is 1.86 bits per heavy atom. The molecule has 0 spiro atoms. The second-order valence-electron chi connectivity index (χ2n) is 6.83. The van der Waals surface area contributed by atoms with Crippen LogP contribution in [-0.2, 0) is 11.3 Å². The number of carbonyl (C=O) groups is 1. The van der Waals surface area contributed by atoms with Gasteiger partial charge >= 0.3 is 0 Å². The monoisotopic (exact) mass is 400 g/mol. The van der Waals surface area contributed by atoms with Crippen LogP contribution in [0.25, 0.3) is 0 Å². The van der Waals surface area contributed by atoms with E-state index in [2.05, 4.69) is 29.2 Å². The molecular formula is C21H26N3O3S+. The number of primary amides is 1. The number of thiocarbonyl (C=S) groups is 1. The van der Waals surface area contributed by atoms with E-state index in [0.29, 0.717) is 11.5 Å². The zero-order chi connectivity index (χ0) is 19.9. The fourth-order valence-corrected chi connectivity index (χ4v) is 3.65. The number of amides is 1. The van der Waals surface area contributed by atoms with Crippen LogP contribution in [0.1, 0.15) is 11.1 Å². The standard InChI is InChI=1S/C21H25N3O3S/c1-26-19-13-17(7-8-18(19)27-15-20(22)25)21(28)24-11-9-23(10-12-24)14-16-5-3-2-4-6-16/h2-8,13H,9-12,14-15H2,1H3,(H2,22,25)/p+1. The molecule has 3 rings (SSSR count). The molecule has 2 aromatic carbocycles. The number of quaternary nitrogens is 1. The third kappa shape index (κ3) is 5.21.